The number of aromatic nitrogens is 4. The van der Waals surface area contributed by atoms with E-state index in [0.29, 0.717) is 6.04 Å². The topological polar surface area (TPSA) is 47.7 Å². The third-order valence-corrected chi connectivity index (χ3v) is 4.03. The van der Waals surface area contributed by atoms with Crippen molar-refractivity contribution < 1.29 is 0 Å². The molecule has 3 rings (SSSR count). The first-order valence-corrected chi connectivity index (χ1v) is 7.65. The second kappa shape index (κ2) is 6.59. The van der Waals surface area contributed by atoms with Crippen LogP contribution in [0.5, 0.6) is 0 Å². The van der Waals surface area contributed by atoms with Crippen molar-refractivity contribution in [3.63, 3.8) is 0 Å². The summed E-state index contributed by atoms with van der Waals surface area (Å²) >= 11 is 0. The van der Waals surface area contributed by atoms with Crippen LogP contribution in [0, 0.1) is 0 Å². The number of anilines is 1. The fraction of sp³-hybridized carbons (Fsp3) is 0.600. The Kier molecular flexibility index (Phi) is 4.35. The monoisotopic (exact) mass is 273 g/mol. The smallest absolute Gasteiger partial charge is 0.202 e. The SMILES string of the molecule is c1cn(CCCCn2ccnc2NC2CCCC2)cn1. The molecule has 1 saturated carbocycles. The molecule has 20 heavy (non-hydrogen) atoms. The quantitative estimate of drug-likeness (QED) is 0.789. The van der Waals surface area contributed by atoms with Gasteiger partial charge in [0.2, 0.25) is 5.95 Å². The molecule has 1 N–H and O–H groups in total. The fourth-order valence-corrected chi connectivity index (χ4v) is 2.88. The van der Waals surface area contributed by atoms with E-state index in [4.69, 9.17) is 0 Å². The zero-order valence-electron chi connectivity index (χ0n) is 11.9. The molecule has 0 bridgehead atoms. The van der Waals surface area contributed by atoms with Crippen molar-refractivity contribution in [1.29, 1.82) is 0 Å². The second-order valence-electron chi connectivity index (χ2n) is 5.58. The van der Waals surface area contributed by atoms with E-state index in [-0.39, 0.29) is 0 Å². The summed E-state index contributed by atoms with van der Waals surface area (Å²) in [6.45, 7) is 2.07. The highest BCUT2D eigenvalue weighted by molar-refractivity contribution is 5.27. The lowest BCUT2D eigenvalue weighted by molar-refractivity contribution is 0.552. The molecule has 5 heteroatoms. The normalized spacial score (nSPS) is 15.8. The molecule has 0 amide bonds. The van der Waals surface area contributed by atoms with E-state index in [2.05, 4.69) is 30.6 Å². The van der Waals surface area contributed by atoms with Crippen molar-refractivity contribution in [3.05, 3.63) is 31.1 Å². The van der Waals surface area contributed by atoms with Gasteiger partial charge in [-0.15, -0.1) is 0 Å². The Morgan fingerprint density at radius 1 is 1.10 bits per heavy atom. The summed E-state index contributed by atoms with van der Waals surface area (Å²) in [6.07, 6.45) is 17.3. The van der Waals surface area contributed by atoms with Gasteiger partial charge in [-0.3, -0.25) is 0 Å². The Morgan fingerprint density at radius 3 is 2.75 bits per heavy atom. The maximum atomic E-state index is 4.44. The van der Waals surface area contributed by atoms with Crippen LogP contribution in [0.1, 0.15) is 38.5 Å². The molecule has 0 saturated heterocycles. The number of hydrogen-bond acceptors (Lipinski definition) is 3. The number of aryl methyl sites for hydroxylation is 2. The van der Waals surface area contributed by atoms with Crippen molar-refractivity contribution in [1.82, 2.24) is 19.1 Å². The predicted octanol–water partition coefficient (Wildman–Crippen LogP) is 2.91. The standard InChI is InChI=1S/C15H23N5/c1-2-6-14(5-1)18-15-17-8-12-20(15)10-4-3-9-19-11-7-16-13-19/h7-8,11-14H,1-6,9-10H2,(H,17,18). The molecule has 0 aromatic carbocycles. The molecule has 0 atom stereocenters. The van der Waals surface area contributed by atoms with Crippen molar-refractivity contribution >= 4 is 5.95 Å². The van der Waals surface area contributed by atoms with E-state index >= 15 is 0 Å². The Morgan fingerprint density at radius 2 is 1.95 bits per heavy atom. The van der Waals surface area contributed by atoms with Crippen molar-refractivity contribution in [2.24, 2.45) is 0 Å². The Labute approximate surface area is 120 Å². The first-order valence-electron chi connectivity index (χ1n) is 7.65. The lowest BCUT2D eigenvalue weighted by atomic mass is 10.2. The molecule has 1 fully saturated rings. The number of nitrogens with zero attached hydrogens (tertiary/aromatic N) is 4. The first kappa shape index (κ1) is 13.2. The van der Waals surface area contributed by atoms with Crippen LogP contribution in [0.2, 0.25) is 0 Å². The van der Waals surface area contributed by atoms with E-state index in [1.165, 1.54) is 25.7 Å². The van der Waals surface area contributed by atoms with Crippen LogP contribution >= 0.6 is 0 Å². The molecule has 0 radical (unpaired) electrons. The van der Waals surface area contributed by atoms with Gasteiger partial charge in [-0.2, -0.15) is 0 Å². The number of imidazole rings is 2. The molecular weight excluding hydrogens is 250 g/mol. The summed E-state index contributed by atoms with van der Waals surface area (Å²) in [5.41, 5.74) is 0. The highest BCUT2D eigenvalue weighted by Gasteiger charge is 2.16. The van der Waals surface area contributed by atoms with Crippen LogP contribution in [0.4, 0.5) is 5.95 Å². The summed E-state index contributed by atoms with van der Waals surface area (Å²) in [5.74, 6) is 1.04. The molecule has 108 valence electrons. The van der Waals surface area contributed by atoms with Gasteiger partial charge < -0.3 is 14.5 Å². The molecule has 0 spiro atoms. The third-order valence-electron chi connectivity index (χ3n) is 4.03. The van der Waals surface area contributed by atoms with Crippen molar-refractivity contribution in [2.75, 3.05) is 5.32 Å². The van der Waals surface area contributed by atoms with Crippen LogP contribution in [-0.4, -0.2) is 25.1 Å². The molecule has 1 aliphatic carbocycles. The van der Waals surface area contributed by atoms with Gasteiger partial charge in [0.05, 0.1) is 6.33 Å². The molecule has 2 heterocycles. The van der Waals surface area contributed by atoms with Gasteiger partial charge >= 0.3 is 0 Å². The van der Waals surface area contributed by atoms with Crippen LogP contribution in [0.25, 0.3) is 0 Å². The molecule has 2 aromatic heterocycles. The first-order chi connectivity index (χ1) is 9.92. The minimum atomic E-state index is 0.627. The van der Waals surface area contributed by atoms with Gasteiger partial charge in [-0.25, -0.2) is 9.97 Å². The van der Waals surface area contributed by atoms with Crippen molar-refractivity contribution in [3.8, 4) is 0 Å². The fourth-order valence-electron chi connectivity index (χ4n) is 2.88. The van der Waals surface area contributed by atoms with Gasteiger partial charge in [0, 0.05) is 43.9 Å². The van der Waals surface area contributed by atoms with E-state index in [1.54, 1.807) is 0 Å². The summed E-state index contributed by atoms with van der Waals surface area (Å²) in [5, 5.41) is 3.58. The molecule has 0 aliphatic heterocycles. The van der Waals surface area contributed by atoms with E-state index in [0.717, 1.165) is 31.9 Å². The summed E-state index contributed by atoms with van der Waals surface area (Å²) in [6, 6.07) is 0.627. The second-order valence-corrected chi connectivity index (χ2v) is 5.58. The number of rotatable bonds is 7. The summed E-state index contributed by atoms with van der Waals surface area (Å²) in [7, 11) is 0. The Hall–Kier alpha value is -1.78. The highest BCUT2D eigenvalue weighted by Crippen LogP contribution is 2.21. The molecule has 5 nitrogen and oxygen atoms in total. The van der Waals surface area contributed by atoms with Gasteiger partial charge in [0.25, 0.3) is 0 Å². The zero-order chi connectivity index (χ0) is 13.6. The molecule has 2 aromatic rings. The van der Waals surface area contributed by atoms with Gasteiger partial charge in [0.1, 0.15) is 0 Å². The van der Waals surface area contributed by atoms with Crippen LogP contribution in [0.15, 0.2) is 31.1 Å². The molecule has 0 unspecified atom stereocenters. The Balaban J connectivity index is 1.44. The summed E-state index contributed by atoms with van der Waals surface area (Å²) < 4.78 is 4.37. The third kappa shape index (κ3) is 3.40. The summed E-state index contributed by atoms with van der Waals surface area (Å²) in [4.78, 5) is 8.50. The van der Waals surface area contributed by atoms with E-state index < -0.39 is 0 Å². The van der Waals surface area contributed by atoms with Crippen LogP contribution < -0.4 is 5.32 Å². The number of hydrogen-bond donors (Lipinski definition) is 1. The predicted molar refractivity (Wildman–Crippen MR) is 79.6 cm³/mol. The highest BCUT2D eigenvalue weighted by atomic mass is 15.2. The number of unbranched alkanes of at least 4 members (excludes halogenated alkanes) is 1. The van der Waals surface area contributed by atoms with Gasteiger partial charge in [-0.05, 0) is 25.7 Å². The van der Waals surface area contributed by atoms with Crippen molar-refractivity contribution in [2.45, 2.75) is 57.7 Å². The van der Waals surface area contributed by atoms with E-state index in [1.807, 2.05) is 24.9 Å². The zero-order valence-corrected chi connectivity index (χ0v) is 11.9. The largest absolute Gasteiger partial charge is 0.353 e. The average molecular weight is 273 g/mol. The minimum Gasteiger partial charge on any atom is -0.353 e. The molecular formula is C15H23N5. The van der Waals surface area contributed by atoms with Crippen LogP contribution in [0.3, 0.4) is 0 Å². The van der Waals surface area contributed by atoms with Gasteiger partial charge in [-0.1, -0.05) is 12.8 Å². The lowest BCUT2D eigenvalue weighted by Gasteiger charge is -2.14. The maximum Gasteiger partial charge on any atom is 0.202 e. The molecule has 1 aliphatic rings. The number of nitrogens with one attached hydrogen (secondary N) is 1. The van der Waals surface area contributed by atoms with E-state index in [9.17, 15) is 0 Å². The lowest BCUT2D eigenvalue weighted by Crippen LogP contribution is -2.18. The van der Waals surface area contributed by atoms with Crippen LogP contribution in [-0.2, 0) is 13.1 Å². The Bertz CT molecular complexity index is 496. The van der Waals surface area contributed by atoms with Gasteiger partial charge in [0.15, 0.2) is 0 Å². The minimum absolute atomic E-state index is 0.627. The average Bonchev–Trinajstić information content (AvgIpc) is 3.19. The maximum absolute atomic E-state index is 4.44.